The molecule has 0 fully saturated rings. The minimum absolute atomic E-state index is 0.0391. The molecule has 3 rings (SSSR count). The number of aliphatic imine (C=N–C) groups is 1. The van der Waals surface area contributed by atoms with Gasteiger partial charge in [0.25, 0.3) is 0 Å². The maximum absolute atomic E-state index is 12.4. The highest BCUT2D eigenvalue weighted by molar-refractivity contribution is 6.01. The minimum Gasteiger partial charge on any atom is -0.478 e. The molecule has 0 saturated carbocycles. The second-order valence-electron chi connectivity index (χ2n) is 10.2. The van der Waals surface area contributed by atoms with Crippen molar-refractivity contribution in [1.29, 1.82) is 0 Å². The molecule has 12 heteroatoms. The van der Waals surface area contributed by atoms with Gasteiger partial charge >= 0.3 is 18.2 Å². The van der Waals surface area contributed by atoms with E-state index in [1.807, 2.05) is 91.0 Å². The number of rotatable bonds is 16. The summed E-state index contributed by atoms with van der Waals surface area (Å²) in [5, 5.41) is 16.8. The van der Waals surface area contributed by atoms with Crippen LogP contribution < -0.4 is 16.0 Å². The van der Waals surface area contributed by atoms with Gasteiger partial charge in [-0.2, -0.15) is 0 Å². The summed E-state index contributed by atoms with van der Waals surface area (Å²) in [7, 11) is 0. The molecule has 46 heavy (non-hydrogen) atoms. The van der Waals surface area contributed by atoms with Crippen LogP contribution in [0.5, 0.6) is 0 Å². The lowest BCUT2D eigenvalue weighted by molar-refractivity contribution is -0.160. The van der Waals surface area contributed by atoms with E-state index in [1.165, 1.54) is 0 Å². The predicted octanol–water partition coefficient (Wildman–Crippen LogP) is 5.45. The van der Waals surface area contributed by atoms with Gasteiger partial charge in [-0.1, -0.05) is 104 Å². The number of nitrogens with one attached hydrogen (secondary N) is 3. The maximum Gasteiger partial charge on any atom is 0.414 e. The standard InChI is InChI=1S/C34H40N4O8/c1-25(28-19-11-6-12-20-28)46-30(31(40)41)36-29(39)21-13-2-3-14-22-35-32(37-33(42)44-23-26-15-7-4-8-16-26)38-34(43)45-24-27-17-9-5-10-18-27/h4-12,15-20,25,30H,2-3,13-14,21-24H2,1H3,(H,36,39)(H,40,41)(H2,35,37,38,42,43)/t25-,30-/m0/s1. The van der Waals surface area contributed by atoms with Crippen molar-refractivity contribution in [2.75, 3.05) is 6.54 Å². The van der Waals surface area contributed by atoms with E-state index in [2.05, 4.69) is 20.9 Å². The number of carboxylic acids is 1. The van der Waals surface area contributed by atoms with Crippen molar-refractivity contribution in [1.82, 2.24) is 16.0 Å². The lowest BCUT2D eigenvalue weighted by Gasteiger charge is -2.20. The van der Waals surface area contributed by atoms with Crippen LogP contribution in [0.2, 0.25) is 0 Å². The first-order chi connectivity index (χ1) is 22.3. The Bertz CT molecular complexity index is 1340. The molecule has 3 aromatic rings. The highest BCUT2D eigenvalue weighted by Crippen LogP contribution is 2.17. The van der Waals surface area contributed by atoms with Crippen molar-refractivity contribution >= 4 is 30.0 Å². The van der Waals surface area contributed by atoms with E-state index in [0.29, 0.717) is 25.7 Å². The van der Waals surface area contributed by atoms with E-state index in [-0.39, 0.29) is 32.1 Å². The number of alkyl carbamates (subject to hydrolysis) is 2. The van der Waals surface area contributed by atoms with Crippen molar-refractivity contribution in [3.05, 3.63) is 108 Å². The molecule has 0 unspecified atom stereocenters. The van der Waals surface area contributed by atoms with Crippen molar-refractivity contribution in [3.8, 4) is 0 Å². The number of carbonyl (C=O) groups excluding carboxylic acids is 3. The molecule has 12 nitrogen and oxygen atoms in total. The topological polar surface area (TPSA) is 165 Å². The number of unbranched alkanes of at least 4 members (excludes halogenated alkanes) is 3. The third kappa shape index (κ3) is 14.0. The molecule has 244 valence electrons. The molecular weight excluding hydrogens is 592 g/mol. The Labute approximate surface area is 268 Å². The summed E-state index contributed by atoms with van der Waals surface area (Å²) >= 11 is 0. The van der Waals surface area contributed by atoms with Gasteiger partial charge in [-0.25, -0.2) is 14.4 Å². The van der Waals surface area contributed by atoms with Gasteiger partial charge < -0.3 is 24.6 Å². The Morgan fingerprint density at radius 2 is 1.22 bits per heavy atom. The maximum atomic E-state index is 12.4. The Balaban J connectivity index is 1.41. The first-order valence-corrected chi connectivity index (χ1v) is 15.0. The van der Waals surface area contributed by atoms with E-state index in [1.54, 1.807) is 6.92 Å². The van der Waals surface area contributed by atoms with Crippen LogP contribution in [0.4, 0.5) is 9.59 Å². The summed E-state index contributed by atoms with van der Waals surface area (Å²) in [6.07, 6.45) is -0.939. The zero-order chi connectivity index (χ0) is 33.0. The average Bonchev–Trinajstić information content (AvgIpc) is 3.06. The fourth-order valence-corrected chi connectivity index (χ4v) is 4.14. The van der Waals surface area contributed by atoms with Crippen molar-refractivity contribution < 1.29 is 38.5 Å². The molecule has 0 saturated heterocycles. The molecule has 0 radical (unpaired) electrons. The zero-order valence-corrected chi connectivity index (χ0v) is 25.7. The summed E-state index contributed by atoms with van der Waals surface area (Å²) in [5.41, 5.74) is 2.40. The smallest absolute Gasteiger partial charge is 0.414 e. The molecule has 4 N–H and O–H groups in total. The first-order valence-electron chi connectivity index (χ1n) is 15.0. The average molecular weight is 633 g/mol. The number of guanidine groups is 1. The molecule has 0 bridgehead atoms. The largest absolute Gasteiger partial charge is 0.478 e. The quantitative estimate of drug-likeness (QED) is 0.0701. The van der Waals surface area contributed by atoms with Gasteiger partial charge in [0, 0.05) is 13.0 Å². The molecule has 0 spiro atoms. The number of hydrogen-bond acceptors (Lipinski definition) is 8. The summed E-state index contributed by atoms with van der Waals surface area (Å²) in [4.78, 5) is 53.0. The number of benzene rings is 3. The number of nitrogens with zero attached hydrogens (tertiary/aromatic N) is 1. The number of hydrogen-bond donors (Lipinski definition) is 4. The second kappa shape index (κ2) is 19.9. The van der Waals surface area contributed by atoms with Crippen LogP contribution in [0.1, 0.15) is 61.8 Å². The van der Waals surface area contributed by atoms with Crippen LogP contribution in [-0.4, -0.2) is 47.9 Å². The lowest BCUT2D eigenvalue weighted by Crippen LogP contribution is -2.44. The third-order valence-electron chi connectivity index (χ3n) is 6.57. The SMILES string of the molecule is C[C@H](O[C@H](NC(=O)CCCCCCN=C(NC(=O)OCc1ccccc1)NC(=O)OCc1ccccc1)C(=O)O)c1ccccc1. The van der Waals surface area contributed by atoms with E-state index in [4.69, 9.17) is 14.2 Å². The van der Waals surface area contributed by atoms with Crippen LogP contribution >= 0.6 is 0 Å². The normalized spacial score (nSPS) is 11.8. The van der Waals surface area contributed by atoms with Gasteiger partial charge in [0.1, 0.15) is 13.2 Å². The van der Waals surface area contributed by atoms with Gasteiger partial charge in [0.2, 0.25) is 18.1 Å². The fraction of sp³-hybridized carbons (Fsp3) is 0.324. The van der Waals surface area contributed by atoms with Crippen LogP contribution in [0.15, 0.2) is 96.0 Å². The predicted molar refractivity (Wildman–Crippen MR) is 170 cm³/mol. The van der Waals surface area contributed by atoms with Crippen molar-refractivity contribution in [2.45, 2.75) is 64.6 Å². The van der Waals surface area contributed by atoms with Crippen molar-refractivity contribution in [3.63, 3.8) is 0 Å². The van der Waals surface area contributed by atoms with Crippen LogP contribution in [0.25, 0.3) is 0 Å². The molecule has 0 aromatic heterocycles. The zero-order valence-electron chi connectivity index (χ0n) is 25.7. The van der Waals surface area contributed by atoms with Crippen LogP contribution in [0.3, 0.4) is 0 Å². The molecule has 3 aromatic carbocycles. The minimum atomic E-state index is -1.46. The Morgan fingerprint density at radius 3 is 1.74 bits per heavy atom. The molecule has 0 aliphatic heterocycles. The van der Waals surface area contributed by atoms with Gasteiger partial charge in [-0.05, 0) is 36.5 Å². The monoisotopic (exact) mass is 632 g/mol. The summed E-state index contributed by atoms with van der Waals surface area (Å²) in [6.45, 7) is 2.07. The molecule has 0 aliphatic carbocycles. The first kappa shape index (κ1) is 35.3. The fourth-order valence-electron chi connectivity index (χ4n) is 4.14. The van der Waals surface area contributed by atoms with Gasteiger partial charge in [-0.3, -0.25) is 20.4 Å². The van der Waals surface area contributed by atoms with Gasteiger partial charge in [-0.15, -0.1) is 0 Å². The van der Waals surface area contributed by atoms with E-state index < -0.39 is 36.4 Å². The van der Waals surface area contributed by atoms with E-state index in [9.17, 15) is 24.3 Å². The third-order valence-corrected chi connectivity index (χ3v) is 6.57. The van der Waals surface area contributed by atoms with Crippen LogP contribution in [-0.2, 0) is 37.0 Å². The highest BCUT2D eigenvalue weighted by Gasteiger charge is 2.23. The number of carbonyl (C=O) groups is 4. The number of amides is 3. The summed E-state index contributed by atoms with van der Waals surface area (Å²) < 4.78 is 16.0. The highest BCUT2D eigenvalue weighted by atomic mass is 16.6. The molecular formula is C34H40N4O8. The number of ether oxygens (including phenoxy) is 3. The van der Waals surface area contributed by atoms with Gasteiger partial charge in [0.15, 0.2) is 0 Å². The Kier molecular flexibility index (Phi) is 15.3. The van der Waals surface area contributed by atoms with E-state index in [0.717, 1.165) is 16.7 Å². The summed E-state index contributed by atoms with van der Waals surface area (Å²) in [5.74, 6) is -1.82. The molecule has 0 aliphatic rings. The second-order valence-corrected chi connectivity index (χ2v) is 10.2. The summed E-state index contributed by atoms with van der Waals surface area (Å²) in [6, 6.07) is 27.4. The van der Waals surface area contributed by atoms with Gasteiger partial charge in [0.05, 0.1) is 6.10 Å². The molecule has 0 heterocycles. The van der Waals surface area contributed by atoms with Crippen LogP contribution in [0, 0.1) is 0 Å². The number of aliphatic carboxylic acids is 1. The Morgan fingerprint density at radius 1 is 0.717 bits per heavy atom. The lowest BCUT2D eigenvalue weighted by atomic mass is 10.1. The Hall–Kier alpha value is -5.23. The molecule has 2 atom stereocenters. The molecule has 3 amide bonds. The number of carboxylic acid groups (broad SMARTS) is 1. The van der Waals surface area contributed by atoms with E-state index >= 15 is 0 Å². The van der Waals surface area contributed by atoms with Crippen molar-refractivity contribution in [2.24, 2.45) is 4.99 Å².